The van der Waals surface area contributed by atoms with Gasteiger partial charge >= 0.3 is 12.1 Å². The Kier molecular flexibility index (Phi) is 6.15. The standard InChI is InChI=1S/C17H16F5N3O3/c1-8(2)7-9-10(16(27)28-3)12(14(18)19)24-13(17(20,21)22)11(9)15(26)25-6-4-5-23-25/h4-6,8,14H,7H2,1-3H3. The molecule has 11 heteroatoms. The van der Waals surface area contributed by atoms with Gasteiger partial charge in [-0.1, -0.05) is 13.8 Å². The highest BCUT2D eigenvalue weighted by molar-refractivity contribution is 6.02. The summed E-state index contributed by atoms with van der Waals surface area (Å²) in [4.78, 5) is 27.9. The zero-order chi connectivity index (χ0) is 21.2. The molecular weight excluding hydrogens is 389 g/mol. The van der Waals surface area contributed by atoms with E-state index in [2.05, 4.69) is 14.8 Å². The third-order valence-electron chi connectivity index (χ3n) is 3.73. The van der Waals surface area contributed by atoms with Crippen LogP contribution in [-0.2, 0) is 17.3 Å². The number of methoxy groups -OCH3 is 1. The van der Waals surface area contributed by atoms with Crippen molar-refractivity contribution in [2.24, 2.45) is 5.92 Å². The Labute approximate surface area is 156 Å². The molecule has 0 atom stereocenters. The molecule has 28 heavy (non-hydrogen) atoms. The van der Waals surface area contributed by atoms with Crippen molar-refractivity contribution in [2.75, 3.05) is 7.11 Å². The SMILES string of the molecule is COC(=O)c1c(C(F)F)nc(C(F)(F)F)c(C(=O)n2cccn2)c1CC(C)C. The number of alkyl halides is 5. The molecule has 2 aromatic rings. The van der Waals surface area contributed by atoms with Crippen LogP contribution in [-0.4, -0.2) is 33.8 Å². The molecule has 2 heterocycles. The zero-order valence-electron chi connectivity index (χ0n) is 15.1. The molecule has 0 aliphatic carbocycles. The van der Waals surface area contributed by atoms with Crippen LogP contribution in [0.3, 0.4) is 0 Å². The Morgan fingerprint density at radius 3 is 2.29 bits per heavy atom. The first kappa shape index (κ1) is 21.5. The highest BCUT2D eigenvalue weighted by Gasteiger charge is 2.43. The van der Waals surface area contributed by atoms with Gasteiger partial charge in [0.15, 0.2) is 5.69 Å². The van der Waals surface area contributed by atoms with E-state index in [-0.39, 0.29) is 12.3 Å². The summed E-state index contributed by atoms with van der Waals surface area (Å²) in [7, 11) is 0.892. The van der Waals surface area contributed by atoms with Gasteiger partial charge in [-0.05, 0) is 24.0 Å². The molecule has 0 fully saturated rings. The number of hydrogen-bond acceptors (Lipinski definition) is 5. The van der Waals surface area contributed by atoms with E-state index in [4.69, 9.17) is 0 Å². The Morgan fingerprint density at radius 1 is 1.21 bits per heavy atom. The first-order valence-corrected chi connectivity index (χ1v) is 8.03. The molecule has 0 N–H and O–H groups in total. The van der Waals surface area contributed by atoms with E-state index in [9.17, 15) is 31.5 Å². The van der Waals surface area contributed by atoms with Crippen LogP contribution in [0.15, 0.2) is 18.5 Å². The number of carbonyl (C=O) groups excluding carboxylic acids is 2. The molecule has 6 nitrogen and oxygen atoms in total. The fourth-order valence-corrected chi connectivity index (χ4v) is 2.69. The van der Waals surface area contributed by atoms with Crippen LogP contribution in [0.25, 0.3) is 0 Å². The summed E-state index contributed by atoms with van der Waals surface area (Å²) in [6.45, 7) is 3.19. The molecule has 0 amide bonds. The van der Waals surface area contributed by atoms with Crippen LogP contribution in [0.1, 0.15) is 57.9 Å². The Morgan fingerprint density at radius 2 is 1.86 bits per heavy atom. The monoisotopic (exact) mass is 405 g/mol. The van der Waals surface area contributed by atoms with Gasteiger partial charge in [-0.15, -0.1) is 0 Å². The number of pyridine rings is 1. The van der Waals surface area contributed by atoms with Crippen molar-refractivity contribution in [3.8, 4) is 0 Å². The number of esters is 1. The van der Waals surface area contributed by atoms with Gasteiger partial charge in [-0.3, -0.25) is 4.79 Å². The van der Waals surface area contributed by atoms with Gasteiger partial charge in [0, 0.05) is 12.4 Å². The van der Waals surface area contributed by atoms with Crippen LogP contribution in [0.5, 0.6) is 0 Å². The smallest absolute Gasteiger partial charge is 0.434 e. The lowest BCUT2D eigenvalue weighted by atomic mass is 9.90. The molecule has 0 bridgehead atoms. The third-order valence-corrected chi connectivity index (χ3v) is 3.73. The van der Waals surface area contributed by atoms with Crippen molar-refractivity contribution in [3.05, 3.63) is 46.5 Å². The average Bonchev–Trinajstić information content (AvgIpc) is 3.12. The molecule has 152 valence electrons. The Balaban J connectivity index is 3.00. The third kappa shape index (κ3) is 4.18. The lowest BCUT2D eigenvalue weighted by Gasteiger charge is -2.21. The highest BCUT2D eigenvalue weighted by Crippen LogP contribution is 2.38. The first-order valence-electron chi connectivity index (χ1n) is 8.03. The maximum absolute atomic E-state index is 13.6. The normalized spacial score (nSPS) is 11.9. The van der Waals surface area contributed by atoms with Crippen LogP contribution < -0.4 is 0 Å². The number of ether oxygens (including phenoxy) is 1. The molecule has 0 aliphatic rings. The summed E-state index contributed by atoms with van der Waals surface area (Å²) in [5, 5.41) is 3.60. The minimum absolute atomic E-state index is 0.266. The molecule has 0 saturated carbocycles. The summed E-state index contributed by atoms with van der Waals surface area (Å²) in [6, 6.07) is 1.30. The summed E-state index contributed by atoms with van der Waals surface area (Å²) in [6.07, 6.45) is -6.72. The van der Waals surface area contributed by atoms with E-state index in [0.29, 0.717) is 4.68 Å². The number of nitrogens with zero attached hydrogens (tertiary/aromatic N) is 3. The second-order valence-electron chi connectivity index (χ2n) is 6.22. The van der Waals surface area contributed by atoms with Crippen LogP contribution >= 0.6 is 0 Å². The predicted molar refractivity (Wildman–Crippen MR) is 86.0 cm³/mol. The lowest BCUT2D eigenvalue weighted by Crippen LogP contribution is -2.27. The second-order valence-corrected chi connectivity index (χ2v) is 6.22. The summed E-state index contributed by atoms with van der Waals surface area (Å²) >= 11 is 0. The van der Waals surface area contributed by atoms with E-state index < -0.39 is 52.6 Å². The number of halogens is 5. The van der Waals surface area contributed by atoms with Gasteiger partial charge in [-0.25, -0.2) is 23.2 Å². The number of hydrogen-bond donors (Lipinski definition) is 0. The molecule has 2 rings (SSSR count). The van der Waals surface area contributed by atoms with Crippen molar-refractivity contribution in [1.82, 2.24) is 14.8 Å². The quantitative estimate of drug-likeness (QED) is 0.557. The highest BCUT2D eigenvalue weighted by atomic mass is 19.4. The predicted octanol–water partition coefficient (Wildman–Crippen LogP) is 3.91. The number of carbonyl (C=O) groups is 2. The zero-order valence-corrected chi connectivity index (χ0v) is 15.1. The van der Waals surface area contributed by atoms with E-state index in [0.717, 1.165) is 19.5 Å². The molecule has 0 saturated heterocycles. The van der Waals surface area contributed by atoms with Crippen LogP contribution in [0, 0.1) is 5.92 Å². The number of aromatic nitrogens is 3. The van der Waals surface area contributed by atoms with E-state index in [1.54, 1.807) is 13.8 Å². The molecule has 0 aromatic carbocycles. The summed E-state index contributed by atoms with van der Waals surface area (Å²) < 4.78 is 72.9. The van der Waals surface area contributed by atoms with Gasteiger partial charge in [0.1, 0.15) is 5.69 Å². The van der Waals surface area contributed by atoms with Crippen molar-refractivity contribution in [3.63, 3.8) is 0 Å². The van der Waals surface area contributed by atoms with Crippen LogP contribution in [0.4, 0.5) is 22.0 Å². The van der Waals surface area contributed by atoms with E-state index >= 15 is 0 Å². The van der Waals surface area contributed by atoms with Crippen LogP contribution in [0.2, 0.25) is 0 Å². The minimum atomic E-state index is -5.22. The fraction of sp³-hybridized carbons (Fsp3) is 0.412. The maximum Gasteiger partial charge on any atom is 0.434 e. The second kappa shape index (κ2) is 8.03. The van der Waals surface area contributed by atoms with Gasteiger partial charge in [0.05, 0.1) is 18.2 Å². The molecule has 0 radical (unpaired) electrons. The van der Waals surface area contributed by atoms with Gasteiger partial charge < -0.3 is 4.74 Å². The van der Waals surface area contributed by atoms with Crippen molar-refractivity contribution in [1.29, 1.82) is 0 Å². The fourth-order valence-electron chi connectivity index (χ4n) is 2.69. The largest absolute Gasteiger partial charge is 0.465 e. The van der Waals surface area contributed by atoms with Gasteiger partial charge in [0.25, 0.3) is 12.3 Å². The number of rotatable bonds is 5. The molecule has 2 aromatic heterocycles. The molecule has 0 spiro atoms. The summed E-state index contributed by atoms with van der Waals surface area (Å²) in [5.74, 6) is -2.92. The van der Waals surface area contributed by atoms with Crippen molar-refractivity contribution in [2.45, 2.75) is 32.9 Å². The summed E-state index contributed by atoms with van der Waals surface area (Å²) in [5.41, 5.74) is -5.53. The van der Waals surface area contributed by atoms with E-state index in [1.165, 1.54) is 6.07 Å². The Hall–Kier alpha value is -2.85. The maximum atomic E-state index is 13.6. The average molecular weight is 405 g/mol. The van der Waals surface area contributed by atoms with Gasteiger partial charge in [0.2, 0.25) is 0 Å². The topological polar surface area (TPSA) is 74.1 Å². The minimum Gasteiger partial charge on any atom is -0.465 e. The lowest BCUT2D eigenvalue weighted by molar-refractivity contribution is -0.141. The Bertz CT molecular complexity index is 877. The first-order chi connectivity index (χ1) is 13.0. The molecular formula is C17H16F5N3O3. The molecule has 0 unspecified atom stereocenters. The van der Waals surface area contributed by atoms with Gasteiger partial charge in [-0.2, -0.15) is 18.3 Å². The van der Waals surface area contributed by atoms with E-state index in [1.807, 2.05) is 0 Å². The molecule has 0 aliphatic heterocycles. The van der Waals surface area contributed by atoms with Crippen molar-refractivity contribution < 1.29 is 36.3 Å². The van der Waals surface area contributed by atoms with Crippen molar-refractivity contribution >= 4 is 11.9 Å².